The number of rotatable bonds is 4. The quantitative estimate of drug-likeness (QED) is 0.432. The van der Waals surface area contributed by atoms with Gasteiger partial charge in [0.25, 0.3) is 0 Å². The molecule has 7 heteroatoms. The number of carbonyl (C=O) groups excluding carboxylic acids is 1. The SMILES string of the molecule is COc1ccc(CN2Cc3cc4c(C(C)(C)C)nn(-c5ccccc5)c4nc3OC2=O)cc1. The maximum Gasteiger partial charge on any atom is 0.417 e. The number of hydrogen-bond donors (Lipinski definition) is 0. The fourth-order valence-electron chi connectivity index (χ4n) is 4.06. The van der Waals surface area contributed by atoms with Crippen LogP contribution in [0.15, 0.2) is 60.7 Å². The van der Waals surface area contributed by atoms with E-state index in [-0.39, 0.29) is 5.41 Å². The number of ether oxygens (including phenoxy) is 2. The summed E-state index contributed by atoms with van der Waals surface area (Å²) < 4.78 is 12.7. The molecule has 5 rings (SSSR count). The molecule has 0 N–H and O–H groups in total. The highest BCUT2D eigenvalue weighted by atomic mass is 16.6. The Balaban J connectivity index is 1.55. The molecule has 0 radical (unpaired) electrons. The fourth-order valence-corrected chi connectivity index (χ4v) is 4.06. The van der Waals surface area contributed by atoms with Gasteiger partial charge in [-0.25, -0.2) is 9.48 Å². The third-order valence-electron chi connectivity index (χ3n) is 5.74. The normalized spacial score (nSPS) is 13.7. The number of carbonyl (C=O) groups is 1. The van der Waals surface area contributed by atoms with Crippen LogP contribution in [0.1, 0.15) is 37.6 Å². The lowest BCUT2D eigenvalue weighted by molar-refractivity contribution is 0.133. The summed E-state index contributed by atoms with van der Waals surface area (Å²) >= 11 is 0. The van der Waals surface area contributed by atoms with Gasteiger partial charge in [0.05, 0.1) is 25.0 Å². The van der Waals surface area contributed by atoms with Gasteiger partial charge in [0.2, 0.25) is 5.88 Å². The van der Waals surface area contributed by atoms with E-state index in [1.165, 1.54) is 0 Å². The monoisotopic (exact) mass is 442 g/mol. The lowest BCUT2D eigenvalue weighted by Gasteiger charge is -2.27. The summed E-state index contributed by atoms with van der Waals surface area (Å²) in [5.74, 6) is 1.12. The largest absolute Gasteiger partial charge is 0.497 e. The van der Waals surface area contributed by atoms with E-state index < -0.39 is 6.09 Å². The lowest BCUT2D eigenvalue weighted by Crippen LogP contribution is -2.36. The van der Waals surface area contributed by atoms with Crippen LogP contribution in [0.2, 0.25) is 0 Å². The van der Waals surface area contributed by atoms with Crippen LogP contribution in [0.3, 0.4) is 0 Å². The van der Waals surface area contributed by atoms with Gasteiger partial charge in [-0.3, -0.25) is 4.90 Å². The Kier molecular flexibility index (Phi) is 5.04. The molecule has 7 nitrogen and oxygen atoms in total. The minimum atomic E-state index is -0.410. The highest BCUT2D eigenvalue weighted by Crippen LogP contribution is 2.35. The van der Waals surface area contributed by atoms with E-state index in [0.717, 1.165) is 33.6 Å². The molecule has 3 heterocycles. The first kappa shape index (κ1) is 21.0. The van der Waals surface area contributed by atoms with Gasteiger partial charge in [-0.2, -0.15) is 10.1 Å². The summed E-state index contributed by atoms with van der Waals surface area (Å²) in [6.45, 7) is 7.28. The summed E-state index contributed by atoms with van der Waals surface area (Å²) in [6.07, 6.45) is -0.410. The number of methoxy groups -OCH3 is 1. The summed E-state index contributed by atoms with van der Waals surface area (Å²) in [7, 11) is 1.63. The summed E-state index contributed by atoms with van der Waals surface area (Å²) in [5.41, 5.74) is 4.24. The Bertz CT molecular complexity index is 1320. The third kappa shape index (κ3) is 3.91. The highest BCUT2D eigenvalue weighted by molar-refractivity contribution is 5.84. The topological polar surface area (TPSA) is 69.5 Å². The number of aromatic nitrogens is 3. The van der Waals surface area contributed by atoms with Crippen molar-refractivity contribution < 1.29 is 14.3 Å². The van der Waals surface area contributed by atoms with Crippen LogP contribution in [-0.4, -0.2) is 32.9 Å². The predicted octanol–water partition coefficient (Wildman–Crippen LogP) is 5.24. The number of amides is 1. The molecule has 168 valence electrons. The van der Waals surface area contributed by atoms with Crippen molar-refractivity contribution >= 4 is 17.1 Å². The molecule has 4 aromatic rings. The van der Waals surface area contributed by atoms with Crippen molar-refractivity contribution in [3.8, 4) is 17.3 Å². The molecule has 1 aliphatic heterocycles. The van der Waals surface area contributed by atoms with Gasteiger partial charge in [0.1, 0.15) is 5.75 Å². The first-order valence-electron chi connectivity index (χ1n) is 10.9. The third-order valence-corrected chi connectivity index (χ3v) is 5.74. The van der Waals surface area contributed by atoms with Gasteiger partial charge in [-0.1, -0.05) is 51.1 Å². The predicted molar refractivity (Wildman–Crippen MR) is 126 cm³/mol. The molecule has 0 saturated heterocycles. The van der Waals surface area contributed by atoms with Crippen LogP contribution in [0.25, 0.3) is 16.7 Å². The molecule has 0 unspecified atom stereocenters. The molecule has 33 heavy (non-hydrogen) atoms. The number of nitrogens with zero attached hydrogens (tertiary/aromatic N) is 4. The Morgan fingerprint density at radius 2 is 1.79 bits per heavy atom. The number of pyridine rings is 1. The van der Waals surface area contributed by atoms with Crippen LogP contribution in [-0.2, 0) is 18.5 Å². The second kappa shape index (κ2) is 7.92. The van der Waals surface area contributed by atoms with Crippen molar-refractivity contribution in [3.63, 3.8) is 0 Å². The van der Waals surface area contributed by atoms with Gasteiger partial charge in [-0.05, 0) is 35.9 Å². The zero-order chi connectivity index (χ0) is 23.2. The molecule has 0 spiro atoms. The number of para-hydroxylation sites is 1. The minimum Gasteiger partial charge on any atom is -0.497 e. The number of fused-ring (bicyclic) bond motifs is 2. The second-order valence-electron chi connectivity index (χ2n) is 9.24. The molecule has 0 atom stereocenters. The average Bonchev–Trinajstić information content (AvgIpc) is 3.18. The summed E-state index contributed by atoms with van der Waals surface area (Å²) in [5, 5.41) is 5.88. The number of hydrogen-bond acceptors (Lipinski definition) is 5. The van der Waals surface area contributed by atoms with E-state index in [2.05, 4.69) is 26.8 Å². The second-order valence-corrected chi connectivity index (χ2v) is 9.24. The van der Waals surface area contributed by atoms with E-state index in [1.807, 2.05) is 59.3 Å². The van der Waals surface area contributed by atoms with Gasteiger partial charge in [-0.15, -0.1) is 0 Å². The van der Waals surface area contributed by atoms with Crippen molar-refractivity contribution in [1.29, 1.82) is 0 Å². The van der Waals surface area contributed by atoms with Gasteiger partial charge >= 0.3 is 6.09 Å². The summed E-state index contributed by atoms with van der Waals surface area (Å²) in [6, 6.07) is 19.6. The average molecular weight is 443 g/mol. The smallest absolute Gasteiger partial charge is 0.417 e. The Morgan fingerprint density at radius 3 is 2.45 bits per heavy atom. The molecule has 1 amide bonds. The molecule has 0 saturated carbocycles. The molecule has 2 aromatic heterocycles. The Labute approximate surface area is 192 Å². The standard InChI is InChI=1S/C26H26N4O3/c1-26(2,3)22-21-14-18-16-29(15-17-10-12-20(32-4)13-11-17)25(31)33-24(18)27-23(21)30(28-22)19-8-6-5-7-9-19/h5-14H,15-16H2,1-4H3. The number of benzene rings is 2. The van der Waals surface area contributed by atoms with E-state index in [9.17, 15) is 4.79 Å². The van der Waals surface area contributed by atoms with Crippen molar-refractivity contribution in [2.45, 2.75) is 39.3 Å². The van der Waals surface area contributed by atoms with Crippen molar-refractivity contribution in [2.24, 2.45) is 0 Å². The van der Waals surface area contributed by atoms with Gasteiger partial charge in [0, 0.05) is 22.9 Å². The molecular formula is C26H26N4O3. The van der Waals surface area contributed by atoms with E-state index in [4.69, 9.17) is 19.6 Å². The maximum atomic E-state index is 12.8. The van der Waals surface area contributed by atoms with Crippen molar-refractivity contribution in [2.75, 3.05) is 7.11 Å². The van der Waals surface area contributed by atoms with Crippen molar-refractivity contribution in [3.05, 3.63) is 77.5 Å². The molecular weight excluding hydrogens is 416 g/mol. The highest BCUT2D eigenvalue weighted by Gasteiger charge is 2.30. The first-order chi connectivity index (χ1) is 15.8. The van der Waals surface area contributed by atoms with Crippen LogP contribution >= 0.6 is 0 Å². The Hall–Kier alpha value is -3.87. The van der Waals surface area contributed by atoms with Crippen molar-refractivity contribution in [1.82, 2.24) is 19.7 Å². The van der Waals surface area contributed by atoms with Gasteiger partial charge < -0.3 is 9.47 Å². The summed E-state index contributed by atoms with van der Waals surface area (Å²) in [4.78, 5) is 19.2. The first-order valence-corrected chi connectivity index (χ1v) is 10.9. The van der Waals surface area contributed by atoms with Gasteiger partial charge in [0.15, 0.2) is 5.65 Å². The molecule has 0 bridgehead atoms. The minimum absolute atomic E-state index is 0.178. The fraction of sp³-hybridized carbons (Fsp3) is 0.269. The van der Waals surface area contributed by atoms with Crippen LogP contribution in [0.4, 0.5) is 4.79 Å². The van der Waals surface area contributed by atoms with Crippen LogP contribution < -0.4 is 9.47 Å². The zero-order valence-corrected chi connectivity index (χ0v) is 19.2. The lowest BCUT2D eigenvalue weighted by atomic mass is 9.90. The van der Waals surface area contributed by atoms with E-state index >= 15 is 0 Å². The molecule has 2 aromatic carbocycles. The zero-order valence-electron chi connectivity index (χ0n) is 19.2. The van der Waals surface area contributed by atoms with E-state index in [1.54, 1.807) is 12.0 Å². The maximum absolute atomic E-state index is 12.8. The molecule has 1 aliphatic rings. The van der Waals surface area contributed by atoms with Crippen LogP contribution in [0.5, 0.6) is 11.6 Å². The van der Waals surface area contributed by atoms with E-state index in [0.29, 0.717) is 24.6 Å². The molecule has 0 fully saturated rings. The van der Waals surface area contributed by atoms with Crippen LogP contribution in [0, 0.1) is 0 Å². The molecule has 0 aliphatic carbocycles. The Morgan fingerprint density at radius 1 is 1.06 bits per heavy atom.